The average molecular weight is 239 g/mol. The van der Waals surface area contributed by atoms with Gasteiger partial charge in [0.15, 0.2) is 5.54 Å². The first-order valence-corrected chi connectivity index (χ1v) is 5.37. The van der Waals surface area contributed by atoms with Gasteiger partial charge in [0.25, 0.3) is 0 Å². The maximum atomic E-state index is 13.0. The topological polar surface area (TPSA) is 26.0 Å². The Kier molecular flexibility index (Phi) is 2.88. The molecule has 0 amide bonds. The molecule has 2 rings (SSSR count). The summed E-state index contributed by atoms with van der Waals surface area (Å²) >= 11 is 0. The SMILES string of the molecule is N[C@@](C#CC1CC1)(c1ccccc1)C(F)(F)F. The lowest BCUT2D eigenvalue weighted by Crippen LogP contribution is -2.49. The summed E-state index contributed by atoms with van der Waals surface area (Å²) in [6, 6.07) is 7.42. The van der Waals surface area contributed by atoms with Gasteiger partial charge in [-0.25, -0.2) is 0 Å². The molecule has 0 aliphatic heterocycles. The van der Waals surface area contributed by atoms with Gasteiger partial charge in [-0.1, -0.05) is 42.2 Å². The molecule has 0 bridgehead atoms. The molecule has 90 valence electrons. The highest BCUT2D eigenvalue weighted by Crippen LogP contribution is 2.37. The fourth-order valence-corrected chi connectivity index (χ4v) is 1.45. The van der Waals surface area contributed by atoms with Crippen LogP contribution in [0.3, 0.4) is 0 Å². The monoisotopic (exact) mass is 239 g/mol. The Hall–Kier alpha value is -1.47. The van der Waals surface area contributed by atoms with Crippen molar-refractivity contribution >= 4 is 0 Å². The highest BCUT2D eigenvalue weighted by molar-refractivity contribution is 5.37. The number of rotatable bonds is 1. The van der Waals surface area contributed by atoms with Gasteiger partial charge in [-0.15, -0.1) is 0 Å². The van der Waals surface area contributed by atoms with Crippen molar-refractivity contribution in [3.8, 4) is 11.8 Å². The summed E-state index contributed by atoms with van der Waals surface area (Å²) in [6.45, 7) is 0. The fraction of sp³-hybridized carbons (Fsp3) is 0.385. The van der Waals surface area contributed by atoms with Crippen molar-refractivity contribution in [2.75, 3.05) is 0 Å². The number of alkyl halides is 3. The van der Waals surface area contributed by atoms with Crippen LogP contribution in [-0.4, -0.2) is 6.18 Å². The van der Waals surface area contributed by atoms with Gasteiger partial charge in [0, 0.05) is 5.92 Å². The largest absolute Gasteiger partial charge is 0.422 e. The number of halogens is 3. The molecule has 17 heavy (non-hydrogen) atoms. The number of hydrogen-bond acceptors (Lipinski definition) is 1. The molecule has 1 aromatic carbocycles. The fourth-order valence-electron chi connectivity index (χ4n) is 1.45. The predicted octanol–water partition coefficient (Wildman–Crippen LogP) is 2.82. The van der Waals surface area contributed by atoms with E-state index in [1.54, 1.807) is 6.07 Å². The summed E-state index contributed by atoms with van der Waals surface area (Å²) in [5.74, 6) is 4.91. The first kappa shape index (κ1) is 12.0. The molecule has 1 aliphatic carbocycles. The standard InChI is InChI=1S/C13H12F3N/c14-13(15,16)12(17,9-8-10-6-7-10)11-4-2-1-3-5-11/h1-5,10H,6-7,17H2/t12-/m0/s1. The molecule has 4 heteroatoms. The first-order chi connectivity index (χ1) is 7.93. The van der Waals surface area contributed by atoms with Crippen molar-refractivity contribution in [3.63, 3.8) is 0 Å². The van der Waals surface area contributed by atoms with Crippen LogP contribution in [0.4, 0.5) is 13.2 Å². The minimum absolute atomic E-state index is 0.0133. The summed E-state index contributed by atoms with van der Waals surface area (Å²) in [4.78, 5) is 0. The van der Waals surface area contributed by atoms with Crippen molar-refractivity contribution in [1.29, 1.82) is 0 Å². The highest BCUT2D eigenvalue weighted by Gasteiger charge is 2.52. The molecule has 1 atom stereocenters. The molecule has 1 aromatic rings. The van der Waals surface area contributed by atoms with E-state index in [0.29, 0.717) is 0 Å². The zero-order chi connectivity index (χ0) is 12.5. The van der Waals surface area contributed by atoms with E-state index in [0.717, 1.165) is 12.8 Å². The van der Waals surface area contributed by atoms with Crippen molar-refractivity contribution < 1.29 is 13.2 Å². The maximum Gasteiger partial charge on any atom is 0.422 e. The second kappa shape index (κ2) is 4.08. The van der Waals surface area contributed by atoms with Crippen LogP contribution >= 0.6 is 0 Å². The Morgan fingerprint density at radius 2 is 1.71 bits per heavy atom. The highest BCUT2D eigenvalue weighted by atomic mass is 19.4. The van der Waals surface area contributed by atoms with Crippen LogP contribution in [0.2, 0.25) is 0 Å². The van der Waals surface area contributed by atoms with E-state index in [9.17, 15) is 13.2 Å². The molecule has 0 aromatic heterocycles. The van der Waals surface area contributed by atoms with Crippen molar-refractivity contribution in [2.45, 2.75) is 24.6 Å². The third kappa shape index (κ3) is 2.45. The van der Waals surface area contributed by atoms with Crippen molar-refractivity contribution in [1.82, 2.24) is 0 Å². The van der Waals surface area contributed by atoms with Crippen LogP contribution in [0.5, 0.6) is 0 Å². The quantitative estimate of drug-likeness (QED) is 0.749. The molecule has 0 heterocycles. The lowest BCUT2D eigenvalue weighted by Gasteiger charge is -2.27. The molecule has 0 saturated heterocycles. The minimum atomic E-state index is -4.57. The third-order valence-corrected chi connectivity index (χ3v) is 2.73. The summed E-state index contributed by atoms with van der Waals surface area (Å²) in [5.41, 5.74) is 2.90. The molecule has 0 radical (unpaired) electrons. The molecule has 1 nitrogen and oxygen atoms in total. The lowest BCUT2D eigenvalue weighted by molar-refractivity contribution is -0.171. The van der Waals surface area contributed by atoms with Crippen LogP contribution < -0.4 is 5.73 Å². The molecule has 1 saturated carbocycles. The molecule has 0 unspecified atom stereocenters. The summed E-state index contributed by atoms with van der Waals surface area (Å²) in [7, 11) is 0. The predicted molar refractivity (Wildman–Crippen MR) is 58.9 cm³/mol. The lowest BCUT2D eigenvalue weighted by atomic mass is 9.90. The van der Waals surface area contributed by atoms with E-state index >= 15 is 0 Å². The molecule has 2 N–H and O–H groups in total. The molecule has 1 aliphatic rings. The Bertz CT molecular complexity index is 451. The van der Waals surface area contributed by atoms with Crippen LogP contribution in [0, 0.1) is 17.8 Å². The summed E-state index contributed by atoms with van der Waals surface area (Å²) in [5, 5.41) is 0. The van der Waals surface area contributed by atoms with Crippen LogP contribution in [0.25, 0.3) is 0 Å². The number of nitrogens with two attached hydrogens (primary N) is 1. The maximum absolute atomic E-state index is 13.0. The van der Waals surface area contributed by atoms with Gasteiger partial charge in [-0.05, 0) is 18.4 Å². The van der Waals surface area contributed by atoms with Crippen molar-refractivity contribution in [3.05, 3.63) is 35.9 Å². The second-order valence-corrected chi connectivity index (χ2v) is 4.22. The normalized spacial score (nSPS) is 19.1. The molecule has 0 spiro atoms. The van der Waals surface area contributed by atoms with Gasteiger partial charge >= 0.3 is 6.18 Å². The van der Waals surface area contributed by atoms with Crippen LogP contribution in [0.15, 0.2) is 30.3 Å². The Balaban J connectivity index is 2.41. The summed E-state index contributed by atoms with van der Waals surface area (Å²) < 4.78 is 39.1. The number of benzene rings is 1. The van der Waals surface area contributed by atoms with E-state index in [4.69, 9.17) is 5.73 Å². The van der Waals surface area contributed by atoms with Crippen molar-refractivity contribution in [2.24, 2.45) is 11.7 Å². The minimum Gasteiger partial charge on any atom is -0.304 e. The van der Waals surface area contributed by atoms with Gasteiger partial charge in [0.1, 0.15) is 0 Å². The van der Waals surface area contributed by atoms with E-state index in [2.05, 4.69) is 11.8 Å². The smallest absolute Gasteiger partial charge is 0.304 e. The first-order valence-electron chi connectivity index (χ1n) is 5.37. The second-order valence-electron chi connectivity index (χ2n) is 4.22. The van der Waals surface area contributed by atoms with E-state index < -0.39 is 11.7 Å². The van der Waals surface area contributed by atoms with E-state index in [1.807, 2.05) is 0 Å². The van der Waals surface area contributed by atoms with Crippen LogP contribution in [0.1, 0.15) is 18.4 Å². The van der Waals surface area contributed by atoms with Gasteiger partial charge in [0.2, 0.25) is 0 Å². The zero-order valence-corrected chi connectivity index (χ0v) is 9.09. The Labute approximate surface area is 97.8 Å². The van der Waals surface area contributed by atoms with E-state index in [-0.39, 0.29) is 11.5 Å². The molecular formula is C13H12F3N. The van der Waals surface area contributed by atoms with E-state index in [1.165, 1.54) is 24.3 Å². The number of hydrogen-bond donors (Lipinski definition) is 1. The Morgan fingerprint density at radius 3 is 2.18 bits per heavy atom. The van der Waals surface area contributed by atoms with Gasteiger partial charge < -0.3 is 5.73 Å². The Morgan fingerprint density at radius 1 is 1.12 bits per heavy atom. The third-order valence-electron chi connectivity index (χ3n) is 2.73. The van der Waals surface area contributed by atoms with Gasteiger partial charge in [0.05, 0.1) is 0 Å². The average Bonchev–Trinajstić information content (AvgIpc) is 3.09. The van der Waals surface area contributed by atoms with Gasteiger partial charge in [-0.2, -0.15) is 13.2 Å². The molecular weight excluding hydrogens is 227 g/mol. The summed E-state index contributed by atoms with van der Waals surface area (Å²) in [6.07, 6.45) is -2.83. The van der Waals surface area contributed by atoms with Crippen LogP contribution in [-0.2, 0) is 5.54 Å². The zero-order valence-electron chi connectivity index (χ0n) is 9.09. The molecule has 1 fully saturated rings. The van der Waals surface area contributed by atoms with Gasteiger partial charge in [-0.3, -0.25) is 0 Å².